The maximum Gasteiger partial charge on any atom is 0.312 e. The number of carbonyl (C=O) groups is 3. The maximum atomic E-state index is 14.5. The van der Waals surface area contributed by atoms with Gasteiger partial charge in [0.2, 0.25) is 5.91 Å². The fraction of sp³-hybridized carbons (Fsp3) is 0.581. The SMILES string of the molecule is C=CCCCCOC(=O)[C@@H]1[C@H]2C(=O)N(CCCCO)C(C(=O)N(CC=C)c3cc(C)ccc3C)C23CC[C@H]1O3. The van der Waals surface area contributed by atoms with Gasteiger partial charge in [-0.05, 0) is 76.0 Å². The predicted molar refractivity (Wildman–Crippen MR) is 149 cm³/mol. The predicted octanol–water partition coefficient (Wildman–Crippen LogP) is 3.87. The van der Waals surface area contributed by atoms with E-state index in [0.29, 0.717) is 32.2 Å². The van der Waals surface area contributed by atoms with Crippen LogP contribution in [0.5, 0.6) is 0 Å². The van der Waals surface area contributed by atoms with E-state index in [4.69, 9.17) is 9.47 Å². The topological polar surface area (TPSA) is 96.4 Å². The molecule has 212 valence electrons. The van der Waals surface area contributed by atoms with E-state index in [9.17, 15) is 19.5 Å². The Bertz CT molecular complexity index is 1100. The molecule has 0 aromatic heterocycles. The average Bonchev–Trinajstić information content (AvgIpc) is 3.56. The summed E-state index contributed by atoms with van der Waals surface area (Å²) in [7, 11) is 0. The second-order valence-corrected chi connectivity index (χ2v) is 11.0. The Hall–Kier alpha value is -2.97. The fourth-order valence-corrected chi connectivity index (χ4v) is 6.59. The summed E-state index contributed by atoms with van der Waals surface area (Å²) in [5.41, 5.74) is 1.65. The lowest BCUT2D eigenvalue weighted by atomic mass is 9.70. The van der Waals surface area contributed by atoms with Crippen LogP contribution in [0.1, 0.15) is 56.1 Å². The van der Waals surface area contributed by atoms with Crippen molar-refractivity contribution >= 4 is 23.5 Å². The van der Waals surface area contributed by atoms with Gasteiger partial charge in [0, 0.05) is 25.4 Å². The number of amides is 2. The van der Waals surface area contributed by atoms with Crippen LogP contribution in [-0.4, -0.2) is 71.8 Å². The van der Waals surface area contributed by atoms with E-state index in [1.54, 1.807) is 15.9 Å². The molecular formula is C31H42N2O6. The van der Waals surface area contributed by atoms with Gasteiger partial charge < -0.3 is 24.4 Å². The molecule has 1 N–H and O–H groups in total. The highest BCUT2D eigenvalue weighted by atomic mass is 16.6. The zero-order chi connectivity index (χ0) is 28.2. The Balaban J connectivity index is 1.67. The van der Waals surface area contributed by atoms with Crippen molar-refractivity contribution in [3.05, 3.63) is 54.6 Å². The molecule has 3 saturated heterocycles. The molecule has 4 rings (SSSR count). The summed E-state index contributed by atoms with van der Waals surface area (Å²) in [5.74, 6) is -2.37. The van der Waals surface area contributed by atoms with Gasteiger partial charge in [-0.2, -0.15) is 0 Å². The third-order valence-corrected chi connectivity index (χ3v) is 8.39. The first kappa shape index (κ1) is 29.0. The first-order valence-corrected chi connectivity index (χ1v) is 14.2. The van der Waals surface area contributed by atoms with E-state index in [1.165, 1.54) is 0 Å². The summed E-state index contributed by atoms with van der Waals surface area (Å²) >= 11 is 0. The molecule has 2 bridgehead atoms. The van der Waals surface area contributed by atoms with E-state index in [-0.39, 0.29) is 31.6 Å². The van der Waals surface area contributed by atoms with Gasteiger partial charge in [-0.1, -0.05) is 24.3 Å². The minimum Gasteiger partial charge on any atom is -0.465 e. The molecule has 2 amide bonds. The van der Waals surface area contributed by atoms with Gasteiger partial charge in [0.05, 0.1) is 24.5 Å². The summed E-state index contributed by atoms with van der Waals surface area (Å²) in [5, 5.41) is 9.38. The number of aliphatic hydroxyl groups is 1. The Morgan fingerprint density at radius 3 is 2.72 bits per heavy atom. The summed E-state index contributed by atoms with van der Waals surface area (Å²) in [4.78, 5) is 45.1. The highest BCUT2D eigenvalue weighted by Crippen LogP contribution is 2.59. The normalized spacial score (nSPS) is 26.9. The quantitative estimate of drug-likeness (QED) is 0.220. The molecule has 0 aliphatic carbocycles. The number of rotatable bonds is 14. The molecule has 3 fully saturated rings. The van der Waals surface area contributed by atoms with Crippen LogP contribution in [0.15, 0.2) is 43.5 Å². The number of likely N-dealkylation sites (tertiary alicyclic amines) is 1. The molecule has 3 heterocycles. The molecule has 3 aliphatic heterocycles. The van der Waals surface area contributed by atoms with E-state index in [2.05, 4.69) is 13.2 Å². The van der Waals surface area contributed by atoms with Crippen LogP contribution in [0.4, 0.5) is 5.69 Å². The minimum atomic E-state index is -1.08. The number of nitrogens with zero attached hydrogens (tertiary/aromatic N) is 2. The molecule has 0 saturated carbocycles. The van der Waals surface area contributed by atoms with E-state index in [1.807, 2.05) is 38.1 Å². The Morgan fingerprint density at radius 2 is 2.00 bits per heavy atom. The number of hydrogen-bond donors (Lipinski definition) is 1. The van der Waals surface area contributed by atoms with Crippen molar-refractivity contribution < 1.29 is 29.0 Å². The second kappa shape index (κ2) is 12.5. The van der Waals surface area contributed by atoms with Gasteiger partial charge >= 0.3 is 5.97 Å². The molecule has 1 spiro atoms. The number of hydrogen-bond acceptors (Lipinski definition) is 6. The van der Waals surface area contributed by atoms with Crippen molar-refractivity contribution in [1.29, 1.82) is 0 Å². The summed E-state index contributed by atoms with van der Waals surface area (Å²) in [6, 6.07) is 5.08. The number of carbonyl (C=O) groups excluding carboxylic acids is 3. The van der Waals surface area contributed by atoms with Crippen LogP contribution >= 0.6 is 0 Å². The molecule has 0 radical (unpaired) electrons. The number of allylic oxidation sites excluding steroid dienone is 1. The minimum absolute atomic E-state index is 0.000328. The van der Waals surface area contributed by atoms with Crippen molar-refractivity contribution in [2.75, 3.05) is 31.2 Å². The molecule has 2 unspecified atom stereocenters. The smallest absolute Gasteiger partial charge is 0.312 e. The molecular weight excluding hydrogens is 496 g/mol. The first-order valence-electron chi connectivity index (χ1n) is 14.2. The lowest BCUT2D eigenvalue weighted by Crippen LogP contribution is -2.56. The number of fused-ring (bicyclic) bond motifs is 1. The molecule has 8 nitrogen and oxygen atoms in total. The van der Waals surface area contributed by atoms with Crippen molar-refractivity contribution in [1.82, 2.24) is 4.90 Å². The van der Waals surface area contributed by atoms with Gasteiger partial charge in [0.25, 0.3) is 5.91 Å². The van der Waals surface area contributed by atoms with Gasteiger partial charge in [-0.15, -0.1) is 13.2 Å². The monoisotopic (exact) mass is 538 g/mol. The lowest BCUT2D eigenvalue weighted by Gasteiger charge is -2.37. The van der Waals surface area contributed by atoms with Crippen LogP contribution in [0.25, 0.3) is 0 Å². The van der Waals surface area contributed by atoms with E-state index >= 15 is 0 Å². The average molecular weight is 539 g/mol. The number of anilines is 1. The summed E-state index contributed by atoms with van der Waals surface area (Å²) in [6.45, 7) is 12.4. The van der Waals surface area contributed by atoms with E-state index < -0.39 is 35.6 Å². The standard InChI is InChI=1S/C31H42N2O6/c1-5-7-8-11-19-38-30(37)25-24-14-15-31(39-24)26(25)28(35)33(17-9-10-18-34)27(31)29(36)32(16-6-2)23-20-21(3)12-13-22(23)4/h5-6,12-13,20,24-27,34H,1-2,7-11,14-19H2,3-4H3/t24-,25+,26+,27?,31?/m1/s1. The van der Waals surface area contributed by atoms with Gasteiger partial charge in [-0.3, -0.25) is 14.4 Å². The maximum absolute atomic E-state index is 14.5. The number of benzene rings is 1. The van der Waals surface area contributed by atoms with Crippen LogP contribution in [0.3, 0.4) is 0 Å². The summed E-state index contributed by atoms with van der Waals surface area (Å²) in [6.07, 6.45) is 7.70. The Labute approximate surface area is 231 Å². The first-order chi connectivity index (χ1) is 18.8. The van der Waals surface area contributed by atoms with Gasteiger partial charge in [0.15, 0.2) is 0 Å². The highest BCUT2D eigenvalue weighted by Gasteiger charge is 2.75. The highest BCUT2D eigenvalue weighted by molar-refractivity contribution is 6.05. The number of aliphatic hydroxyl groups excluding tert-OH is 1. The van der Waals surface area contributed by atoms with Gasteiger partial charge in [-0.25, -0.2) is 0 Å². The molecule has 3 aliphatic rings. The molecule has 1 aromatic rings. The van der Waals surface area contributed by atoms with Gasteiger partial charge in [0.1, 0.15) is 11.6 Å². The number of unbranched alkanes of at least 4 members (excludes halogenated alkanes) is 3. The largest absolute Gasteiger partial charge is 0.465 e. The molecule has 8 heteroatoms. The Morgan fingerprint density at radius 1 is 1.21 bits per heavy atom. The van der Waals surface area contributed by atoms with Crippen LogP contribution < -0.4 is 4.90 Å². The Kier molecular flexibility index (Phi) is 9.28. The number of esters is 1. The van der Waals surface area contributed by atoms with Crippen LogP contribution in [0, 0.1) is 25.7 Å². The zero-order valence-corrected chi connectivity index (χ0v) is 23.3. The molecule has 1 aromatic carbocycles. The molecule has 5 atom stereocenters. The lowest BCUT2D eigenvalue weighted by molar-refractivity contribution is -0.155. The van der Waals surface area contributed by atoms with Crippen LogP contribution in [0.2, 0.25) is 0 Å². The van der Waals surface area contributed by atoms with Crippen molar-refractivity contribution in [3.8, 4) is 0 Å². The fourth-order valence-electron chi connectivity index (χ4n) is 6.59. The third kappa shape index (κ3) is 5.41. The van der Waals surface area contributed by atoms with Crippen molar-refractivity contribution in [2.24, 2.45) is 11.8 Å². The van der Waals surface area contributed by atoms with Crippen LogP contribution in [-0.2, 0) is 23.9 Å². The summed E-state index contributed by atoms with van der Waals surface area (Å²) < 4.78 is 12.1. The van der Waals surface area contributed by atoms with Crippen molar-refractivity contribution in [3.63, 3.8) is 0 Å². The zero-order valence-electron chi connectivity index (χ0n) is 23.3. The second-order valence-electron chi connectivity index (χ2n) is 11.0. The van der Waals surface area contributed by atoms with Crippen molar-refractivity contribution in [2.45, 2.75) is 76.5 Å². The number of aryl methyl sites for hydroxylation is 2. The third-order valence-electron chi connectivity index (χ3n) is 8.39. The number of ether oxygens (including phenoxy) is 2. The molecule has 39 heavy (non-hydrogen) atoms. The van der Waals surface area contributed by atoms with E-state index in [0.717, 1.165) is 36.1 Å².